The van der Waals surface area contributed by atoms with Gasteiger partial charge in [0, 0.05) is 31.8 Å². The molecule has 0 spiro atoms. The van der Waals surface area contributed by atoms with Gasteiger partial charge in [-0.1, -0.05) is 12.1 Å². The maximum Gasteiger partial charge on any atom is 0.191 e. The summed E-state index contributed by atoms with van der Waals surface area (Å²) in [5, 5.41) is 6.57. The highest BCUT2D eigenvalue weighted by Gasteiger charge is 2.06. The Kier molecular flexibility index (Phi) is 6.95. The number of methoxy groups -OCH3 is 3. The molecule has 0 radical (unpaired) electrons. The van der Waals surface area contributed by atoms with Crippen molar-refractivity contribution in [1.29, 1.82) is 0 Å². The summed E-state index contributed by atoms with van der Waals surface area (Å²) in [6.45, 7) is 1.26. The molecule has 6 heteroatoms. The lowest BCUT2D eigenvalue weighted by Crippen LogP contribution is -2.36. The van der Waals surface area contributed by atoms with Gasteiger partial charge in [0.2, 0.25) is 0 Å². The zero-order valence-corrected chi connectivity index (χ0v) is 15.1. The minimum absolute atomic E-state index is 0.593. The van der Waals surface area contributed by atoms with Crippen LogP contribution in [0.2, 0.25) is 0 Å². The lowest BCUT2D eigenvalue weighted by atomic mass is 10.2. The van der Waals surface area contributed by atoms with Gasteiger partial charge in [-0.2, -0.15) is 0 Å². The van der Waals surface area contributed by atoms with E-state index in [2.05, 4.69) is 15.6 Å². The number of hydrogen-bond donors (Lipinski definition) is 2. The van der Waals surface area contributed by atoms with Crippen LogP contribution in [0.1, 0.15) is 11.1 Å². The normalized spacial score (nSPS) is 11.0. The monoisotopic (exact) mass is 343 g/mol. The summed E-state index contributed by atoms with van der Waals surface area (Å²) in [6.07, 6.45) is 0. The van der Waals surface area contributed by atoms with Crippen LogP contribution in [0.4, 0.5) is 0 Å². The highest BCUT2D eigenvalue weighted by Crippen LogP contribution is 2.24. The van der Waals surface area contributed by atoms with Crippen molar-refractivity contribution >= 4 is 5.96 Å². The third-order valence-corrected chi connectivity index (χ3v) is 3.78. The smallest absolute Gasteiger partial charge is 0.191 e. The van der Waals surface area contributed by atoms with Crippen LogP contribution in [0.5, 0.6) is 17.2 Å². The molecule has 25 heavy (non-hydrogen) atoms. The molecule has 0 bridgehead atoms. The third-order valence-electron chi connectivity index (χ3n) is 3.78. The van der Waals surface area contributed by atoms with Crippen LogP contribution in [-0.4, -0.2) is 34.3 Å². The second-order valence-electron chi connectivity index (χ2n) is 5.31. The first kappa shape index (κ1) is 18.4. The predicted molar refractivity (Wildman–Crippen MR) is 99.6 cm³/mol. The van der Waals surface area contributed by atoms with E-state index < -0.39 is 0 Å². The van der Waals surface area contributed by atoms with E-state index in [4.69, 9.17) is 14.2 Å². The molecule has 0 aliphatic heterocycles. The number of hydrogen-bond acceptors (Lipinski definition) is 4. The average molecular weight is 343 g/mol. The Hall–Kier alpha value is -2.89. The van der Waals surface area contributed by atoms with E-state index >= 15 is 0 Å². The quantitative estimate of drug-likeness (QED) is 0.598. The molecular weight excluding hydrogens is 318 g/mol. The summed E-state index contributed by atoms with van der Waals surface area (Å²) in [5.41, 5.74) is 2.17. The predicted octanol–water partition coefficient (Wildman–Crippen LogP) is 2.58. The first-order valence-corrected chi connectivity index (χ1v) is 7.98. The zero-order chi connectivity index (χ0) is 18.1. The lowest BCUT2D eigenvalue weighted by Gasteiger charge is -2.14. The Balaban J connectivity index is 1.91. The summed E-state index contributed by atoms with van der Waals surface area (Å²) in [7, 11) is 6.69. The molecule has 2 rings (SSSR count). The number of nitrogens with zero attached hydrogens (tertiary/aromatic N) is 1. The van der Waals surface area contributed by atoms with E-state index in [1.807, 2.05) is 42.5 Å². The van der Waals surface area contributed by atoms with Gasteiger partial charge in [0.05, 0.1) is 21.3 Å². The molecule has 0 amide bonds. The molecule has 2 aromatic rings. The van der Waals surface area contributed by atoms with Crippen molar-refractivity contribution in [2.45, 2.75) is 13.1 Å². The van der Waals surface area contributed by atoms with Gasteiger partial charge in [0.25, 0.3) is 0 Å². The molecule has 0 aliphatic carbocycles. The van der Waals surface area contributed by atoms with Crippen molar-refractivity contribution in [1.82, 2.24) is 10.6 Å². The lowest BCUT2D eigenvalue weighted by molar-refractivity contribution is 0.390. The van der Waals surface area contributed by atoms with E-state index in [1.165, 1.54) is 0 Å². The van der Waals surface area contributed by atoms with Gasteiger partial charge in [-0.25, -0.2) is 0 Å². The molecule has 0 unspecified atom stereocenters. The fraction of sp³-hybridized carbons (Fsp3) is 0.316. The van der Waals surface area contributed by atoms with Gasteiger partial charge in [-0.15, -0.1) is 0 Å². The summed E-state index contributed by atoms with van der Waals surface area (Å²) in [4.78, 5) is 4.25. The fourth-order valence-electron chi connectivity index (χ4n) is 2.33. The van der Waals surface area contributed by atoms with Gasteiger partial charge in [-0.05, 0) is 29.8 Å². The molecule has 0 aliphatic rings. The summed E-state index contributed by atoms with van der Waals surface area (Å²) in [6, 6.07) is 13.7. The topological polar surface area (TPSA) is 64.1 Å². The first-order chi connectivity index (χ1) is 12.2. The molecule has 2 N–H and O–H groups in total. The van der Waals surface area contributed by atoms with Crippen LogP contribution in [0.3, 0.4) is 0 Å². The first-order valence-electron chi connectivity index (χ1n) is 7.98. The number of nitrogens with one attached hydrogen (secondary N) is 2. The Morgan fingerprint density at radius 3 is 2.08 bits per heavy atom. The molecule has 0 saturated heterocycles. The molecule has 0 atom stereocenters. The molecule has 134 valence electrons. The molecule has 6 nitrogen and oxygen atoms in total. The minimum Gasteiger partial charge on any atom is -0.497 e. The van der Waals surface area contributed by atoms with Crippen LogP contribution in [0.15, 0.2) is 47.5 Å². The second-order valence-corrected chi connectivity index (χ2v) is 5.31. The molecule has 2 aromatic carbocycles. The maximum absolute atomic E-state index is 5.41. The van der Waals surface area contributed by atoms with Gasteiger partial charge in [-0.3, -0.25) is 4.99 Å². The number of guanidine groups is 1. The van der Waals surface area contributed by atoms with Crippen LogP contribution in [-0.2, 0) is 13.1 Å². The second kappa shape index (κ2) is 9.42. The zero-order valence-electron chi connectivity index (χ0n) is 15.1. The molecular formula is C19H25N3O3. The van der Waals surface area contributed by atoms with Crippen molar-refractivity contribution in [2.24, 2.45) is 4.99 Å². The van der Waals surface area contributed by atoms with Gasteiger partial charge in [0.1, 0.15) is 17.2 Å². The van der Waals surface area contributed by atoms with Crippen molar-refractivity contribution in [3.8, 4) is 17.2 Å². The summed E-state index contributed by atoms with van der Waals surface area (Å²) < 4.78 is 15.8. The van der Waals surface area contributed by atoms with E-state index in [-0.39, 0.29) is 0 Å². The molecule has 0 fully saturated rings. The van der Waals surface area contributed by atoms with Gasteiger partial charge < -0.3 is 24.8 Å². The van der Waals surface area contributed by atoms with Crippen LogP contribution in [0.25, 0.3) is 0 Å². The number of benzene rings is 2. The Bertz CT molecular complexity index is 700. The van der Waals surface area contributed by atoms with E-state index in [0.29, 0.717) is 19.0 Å². The van der Waals surface area contributed by atoms with Crippen LogP contribution in [0, 0.1) is 0 Å². The fourth-order valence-corrected chi connectivity index (χ4v) is 2.33. The number of aliphatic imine (C=N–C) groups is 1. The Labute approximate surface area is 148 Å². The average Bonchev–Trinajstić information content (AvgIpc) is 2.68. The SMILES string of the molecule is CN=C(NCc1ccc(OC)cc1)NCc1ccc(OC)cc1OC. The Morgan fingerprint density at radius 1 is 0.840 bits per heavy atom. The van der Waals surface area contributed by atoms with Crippen molar-refractivity contribution in [3.05, 3.63) is 53.6 Å². The van der Waals surface area contributed by atoms with E-state index in [1.54, 1.807) is 28.4 Å². The Morgan fingerprint density at radius 2 is 1.48 bits per heavy atom. The third kappa shape index (κ3) is 5.31. The molecule has 0 aromatic heterocycles. The van der Waals surface area contributed by atoms with Crippen molar-refractivity contribution < 1.29 is 14.2 Å². The van der Waals surface area contributed by atoms with Crippen molar-refractivity contribution in [2.75, 3.05) is 28.4 Å². The standard InChI is InChI=1S/C19H25N3O3/c1-20-19(21-12-14-5-8-16(23-2)9-6-14)22-13-15-7-10-17(24-3)11-18(15)25-4/h5-11H,12-13H2,1-4H3,(H2,20,21,22). The molecule has 0 saturated carbocycles. The van der Waals surface area contributed by atoms with Crippen LogP contribution >= 0.6 is 0 Å². The highest BCUT2D eigenvalue weighted by atomic mass is 16.5. The maximum atomic E-state index is 5.41. The largest absolute Gasteiger partial charge is 0.497 e. The van der Waals surface area contributed by atoms with E-state index in [0.717, 1.165) is 28.4 Å². The number of rotatable bonds is 7. The van der Waals surface area contributed by atoms with Gasteiger partial charge in [0.15, 0.2) is 5.96 Å². The van der Waals surface area contributed by atoms with E-state index in [9.17, 15) is 0 Å². The van der Waals surface area contributed by atoms with Crippen molar-refractivity contribution in [3.63, 3.8) is 0 Å². The minimum atomic E-state index is 0.593. The summed E-state index contributed by atoms with van der Waals surface area (Å²) in [5.74, 6) is 3.10. The highest BCUT2D eigenvalue weighted by molar-refractivity contribution is 5.79. The van der Waals surface area contributed by atoms with Gasteiger partial charge >= 0.3 is 0 Å². The summed E-state index contributed by atoms with van der Waals surface area (Å²) >= 11 is 0. The van der Waals surface area contributed by atoms with Crippen LogP contribution < -0.4 is 24.8 Å². The number of ether oxygens (including phenoxy) is 3. The molecule has 0 heterocycles.